The first-order valence-corrected chi connectivity index (χ1v) is 7.63. The molecule has 2 aromatic rings. The summed E-state index contributed by atoms with van der Waals surface area (Å²) in [4.78, 5) is 3.84. The van der Waals surface area contributed by atoms with Crippen molar-refractivity contribution in [3.8, 4) is 0 Å². The number of hydrogen-bond donors (Lipinski definition) is 1. The molecule has 0 amide bonds. The van der Waals surface area contributed by atoms with Gasteiger partial charge < -0.3 is 10.6 Å². The third kappa shape index (κ3) is 3.82. The number of thiophene rings is 1. The highest BCUT2D eigenvalue weighted by Gasteiger charge is 2.10. The Kier molecular flexibility index (Phi) is 5.00. The maximum atomic E-state index is 5.67. The molecule has 2 rings (SSSR count). The third-order valence-electron chi connectivity index (χ3n) is 3.25. The van der Waals surface area contributed by atoms with Crippen LogP contribution < -0.4 is 10.6 Å². The zero-order valence-electron chi connectivity index (χ0n) is 11.7. The summed E-state index contributed by atoms with van der Waals surface area (Å²) in [5.74, 6) is 0. The molecule has 0 saturated carbocycles. The summed E-state index contributed by atoms with van der Waals surface area (Å²) in [6.07, 6.45) is 1.03. The van der Waals surface area contributed by atoms with Gasteiger partial charge in [-0.1, -0.05) is 23.8 Å². The van der Waals surface area contributed by atoms with E-state index in [9.17, 15) is 0 Å². The van der Waals surface area contributed by atoms with Crippen LogP contribution >= 0.6 is 11.3 Å². The normalized spacial score (nSPS) is 10.7. The zero-order chi connectivity index (χ0) is 13.7. The Bertz CT molecular complexity index is 505. The first-order valence-electron chi connectivity index (χ1n) is 6.75. The van der Waals surface area contributed by atoms with Gasteiger partial charge in [-0.3, -0.25) is 0 Å². The molecule has 0 saturated heterocycles. The lowest BCUT2D eigenvalue weighted by Crippen LogP contribution is -2.26. The fraction of sp³-hybridized carbons (Fsp3) is 0.375. The molecule has 0 aliphatic rings. The van der Waals surface area contributed by atoms with Crippen LogP contribution in [0.2, 0.25) is 0 Å². The second-order valence-electron chi connectivity index (χ2n) is 4.93. The van der Waals surface area contributed by atoms with Crippen molar-refractivity contribution in [2.24, 2.45) is 5.73 Å². The van der Waals surface area contributed by atoms with Gasteiger partial charge in [-0.2, -0.15) is 0 Å². The molecule has 0 radical (unpaired) electrons. The highest BCUT2D eigenvalue weighted by atomic mass is 32.1. The van der Waals surface area contributed by atoms with E-state index in [1.165, 1.54) is 21.7 Å². The fourth-order valence-electron chi connectivity index (χ4n) is 2.32. The lowest BCUT2D eigenvalue weighted by Gasteiger charge is -2.26. The molecule has 0 atom stereocenters. The summed E-state index contributed by atoms with van der Waals surface area (Å²) in [5, 5.41) is 2.14. The van der Waals surface area contributed by atoms with Crippen molar-refractivity contribution in [2.75, 3.05) is 18.0 Å². The van der Waals surface area contributed by atoms with Crippen molar-refractivity contribution in [1.29, 1.82) is 0 Å². The van der Waals surface area contributed by atoms with Crippen LogP contribution in [0.5, 0.6) is 0 Å². The van der Waals surface area contributed by atoms with Crippen LogP contribution in [-0.2, 0) is 6.54 Å². The Morgan fingerprint density at radius 1 is 1.21 bits per heavy atom. The average Bonchev–Trinajstić information content (AvgIpc) is 2.88. The summed E-state index contributed by atoms with van der Waals surface area (Å²) < 4.78 is 0. The number of aryl methyl sites for hydroxylation is 2. The molecule has 102 valence electrons. The van der Waals surface area contributed by atoms with E-state index in [-0.39, 0.29) is 0 Å². The van der Waals surface area contributed by atoms with Crippen LogP contribution in [0, 0.1) is 13.8 Å². The summed E-state index contributed by atoms with van der Waals surface area (Å²) in [7, 11) is 0. The summed E-state index contributed by atoms with van der Waals surface area (Å²) in [5.41, 5.74) is 9.65. The molecule has 1 aromatic heterocycles. The number of benzene rings is 1. The number of hydrogen-bond acceptors (Lipinski definition) is 3. The van der Waals surface area contributed by atoms with E-state index in [1.54, 1.807) is 0 Å². The maximum Gasteiger partial charge on any atom is 0.0522 e. The van der Waals surface area contributed by atoms with Crippen molar-refractivity contribution in [2.45, 2.75) is 26.8 Å². The number of rotatable bonds is 6. The van der Waals surface area contributed by atoms with Crippen molar-refractivity contribution in [3.05, 3.63) is 51.7 Å². The highest BCUT2D eigenvalue weighted by Crippen LogP contribution is 2.24. The molecule has 1 heterocycles. The van der Waals surface area contributed by atoms with E-state index >= 15 is 0 Å². The molecule has 0 aliphatic carbocycles. The van der Waals surface area contributed by atoms with Crippen molar-refractivity contribution in [1.82, 2.24) is 0 Å². The van der Waals surface area contributed by atoms with E-state index in [0.29, 0.717) is 0 Å². The molecular formula is C16H22N2S. The van der Waals surface area contributed by atoms with Gasteiger partial charge in [-0.25, -0.2) is 0 Å². The number of nitrogens with zero attached hydrogens (tertiary/aromatic N) is 1. The lowest BCUT2D eigenvalue weighted by atomic mass is 10.1. The zero-order valence-corrected chi connectivity index (χ0v) is 12.5. The van der Waals surface area contributed by atoms with E-state index in [1.807, 2.05) is 11.3 Å². The van der Waals surface area contributed by atoms with Gasteiger partial charge in [0.25, 0.3) is 0 Å². The van der Waals surface area contributed by atoms with Gasteiger partial charge in [0.05, 0.1) is 6.54 Å². The summed E-state index contributed by atoms with van der Waals surface area (Å²) in [6.45, 7) is 7.05. The fourth-order valence-corrected chi connectivity index (χ4v) is 3.04. The van der Waals surface area contributed by atoms with Crippen molar-refractivity contribution < 1.29 is 0 Å². The van der Waals surface area contributed by atoms with Crippen molar-refractivity contribution in [3.63, 3.8) is 0 Å². The smallest absolute Gasteiger partial charge is 0.0522 e. The molecule has 0 aliphatic heterocycles. The van der Waals surface area contributed by atoms with Crippen LogP contribution in [0.1, 0.15) is 22.4 Å². The topological polar surface area (TPSA) is 29.3 Å². The van der Waals surface area contributed by atoms with Crippen LogP contribution in [0.15, 0.2) is 35.7 Å². The molecule has 0 fully saturated rings. The minimum absolute atomic E-state index is 0.742. The standard InChI is InChI=1S/C16H22N2S/c1-13-6-7-16(14(2)11-13)18(9-4-8-17)12-15-5-3-10-19-15/h3,5-7,10-11H,4,8-9,12,17H2,1-2H3. The first-order chi connectivity index (χ1) is 9.20. The van der Waals surface area contributed by atoms with E-state index in [4.69, 9.17) is 5.73 Å². The second-order valence-corrected chi connectivity index (χ2v) is 5.97. The molecule has 3 heteroatoms. The van der Waals surface area contributed by atoms with Gasteiger partial charge in [0.2, 0.25) is 0 Å². The Labute approximate surface area is 119 Å². The van der Waals surface area contributed by atoms with Gasteiger partial charge >= 0.3 is 0 Å². The van der Waals surface area contributed by atoms with Crippen LogP contribution in [0.25, 0.3) is 0 Å². The van der Waals surface area contributed by atoms with Crippen LogP contribution in [-0.4, -0.2) is 13.1 Å². The minimum atomic E-state index is 0.742. The molecule has 19 heavy (non-hydrogen) atoms. The summed E-state index contributed by atoms with van der Waals surface area (Å²) in [6, 6.07) is 11.0. The van der Waals surface area contributed by atoms with Crippen molar-refractivity contribution >= 4 is 17.0 Å². The third-order valence-corrected chi connectivity index (χ3v) is 4.11. The maximum absolute atomic E-state index is 5.67. The molecular weight excluding hydrogens is 252 g/mol. The monoisotopic (exact) mass is 274 g/mol. The van der Waals surface area contributed by atoms with Crippen LogP contribution in [0.3, 0.4) is 0 Å². The number of anilines is 1. The molecule has 2 N–H and O–H groups in total. The Hall–Kier alpha value is -1.32. The predicted molar refractivity (Wildman–Crippen MR) is 85.0 cm³/mol. The molecule has 0 unspecified atom stereocenters. The summed E-state index contributed by atoms with van der Waals surface area (Å²) >= 11 is 1.82. The molecule has 1 aromatic carbocycles. The Morgan fingerprint density at radius 2 is 2.05 bits per heavy atom. The average molecular weight is 274 g/mol. The van der Waals surface area contributed by atoms with E-state index in [0.717, 1.165) is 26.1 Å². The van der Waals surface area contributed by atoms with Gasteiger partial charge in [-0.05, 0) is 49.9 Å². The quantitative estimate of drug-likeness (QED) is 0.870. The predicted octanol–water partition coefficient (Wildman–Crippen LogP) is 3.72. The second kappa shape index (κ2) is 6.73. The first kappa shape index (κ1) is 14.1. The van der Waals surface area contributed by atoms with Crippen LogP contribution in [0.4, 0.5) is 5.69 Å². The highest BCUT2D eigenvalue weighted by molar-refractivity contribution is 7.09. The van der Waals surface area contributed by atoms with Gasteiger partial charge in [-0.15, -0.1) is 11.3 Å². The molecule has 2 nitrogen and oxygen atoms in total. The molecule has 0 bridgehead atoms. The Morgan fingerprint density at radius 3 is 2.68 bits per heavy atom. The number of nitrogens with two attached hydrogens (primary N) is 1. The van der Waals surface area contributed by atoms with Gasteiger partial charge in [0.15, 0.2) is 0 Å². The SMILES string of the molecule is Cc1ccc(N(CCCN)Cc2cccs2)c(C)c1. The lowest BCUT2D eigenvalue weighted by molar-refractivity contribution is 0.738. The Balaban J connectivity index is 2.20. The van der Waals surface area contributed by atoms with Gasteiger partial charge in [0, 0.05) is 17.1 Å². The van der Waals surface area contributed by atoms with E-state index in [2.05, 4.69) is 54.5 Å². The molecule has 0 spiro atoms. The minimum Gasteiger partial charge on any atom is -0.366 e. The van der Waals surface area contributed by atoms with Gasteiger partial charge in [0.1, 0.15) is 0 Å². The largest absolute Gasteiger partial charge is 0.366 e. The van der Waals surface area contributed by atoms with E-state index < -0.39 is 0 Å².